The summed E-state index contributed by atoms with van der Waals surface area (Å²) in [6.07, 6.45) is -3.67. The van der Waals surface area contributed by atoms with Gasteiger partial charge in [-0.25, -0.2) is 4.79 Å². The molecule has 2 rings (SSSR count). The molecule has 32 heteroatoms. The lowest BCUT2D eigenvalue weighted by Gasteiger charge is -2.27. The average molecular weight is 1070 g/mol. The number of carboxylic acid groups (broad SMARTS) is 5. The summed E-state index contributed by atoms with van der Waals surface area (Å²) in [7, 11) is 0. The number of alkyl halides is 3. The van der Waals surface area contributed by atoms with Crippen molar-refractivity contribution < 1.29 is 96.2 Å². The molecular formula is C43H55F3N12O17. The van der Waals surface area contributed by atoms with Crippen molar-refractivity contribution in [1.82, 2.24) is 51.9 Å². The number of nitrogens with zero attached hydrogens (tertiary/aromatic N) is 4. The third kappa shape index (κ3) is 26.5. The van der Waals surface area contributed by atoms with Crippen molar-refractivity contribution in [2.45, 2.75) is 37.9 Å². The Hall–Kier alpha value is -8.78. The summed E-state index contributed by atoms with van der Waals surface area (Å²) in [4.78, 5) is 156. The molecule has 0 radical (unpaired) electrons. The first kappa shape index (κ1) is 62.3. The molecule has 0 saturated carbocycles. The van der Waals surface area contributed by atoms with E-state index >= 15 is 0 Å². The van der Waals surface area contributed by atoms with Gasteiger partial charge in [0.25, 0.3) is 17.7 Å². The third-order valence-corrected chi connectivity index (χ3v) is 9.67. The van der Waals surface area contributed by atoms with Gasteiger partial charge in [-0.2, -0.15) is 13.2 Å². The fraction of sp³-hybridized carbons (Fsp3) is 0.419. The standard InChI is InChI=1S/C43H55F3N12O17/c44-43(45,46)41(75)55-42(47)49-12-6-10-26-37(71)50-19-30(59)51-29(18-32(61)62)40(74)54-28(17-25-7-2-1-3-8-25)39(73)53-27(38(72)52-26)9-4-5-11-48-31(60)20-57(22-34(65)66)15-13-56(21-33(63)64)14-16-58(23-35(67)68)24-36(69)70/h1-3,7-10,18,28H,4-6,11-17,19-24H2,(H,48,60)(H,50,71)(H,51,59)(H,52,72)(H,53,73)(H,54,74)(H,61,62)(H,63,64)(H,65,66)(H,67,68)(H,69,70)(H3,47,49,55,75)/b26-10-,27-9+,29-18+/t28-/m1/s1. The predicted molar refractivity (Wildman–Crippen MR) is 249 cm³/mol. The first-order valence-corrected chi connectivity index (χ1v) is 22.1. The number of nitrogens with one attached hydrogen (secondary N) is 7. The fourth-order valence-corrected chi connectivity index (χ4v) is 6.32. The monoisotopic (exact) mass is 1070 g/mol. The lowest BCUT2D eigenvalue weighted by atomic mass is 10.0. The highest BCUT2D eigenvalue weighted by atomic mass is 19.4. The quantitative estimate of drug-likeness (QED) is 0.0180. The van der Waals surface area contributed by atoms with E-state index in [0.717, 1.165) is 22.0 Å². The van der Waals surface area contributed by atoms with Crippen molar-refractivity contribution in [3.8, 4) is 0 Å². The molecule has 0 aromatic heterocycles. The van der Waals surface area contributed by atoms with Gasteiger partial charge in [-0.15, -0.1) is 0 Å². The molecule has 0 bridgehead atoms. The Labute approximate surface area is 423 Å². The molecule has 0 aliphatic carbocycles. The third-order valence-electron chi connectivity index (χ3n) is 9.67. The minimum absolute atomic E-state index is 0.00167. The van der Waals surface area contributed by atoms with Crippen LogP contribution in [-0.2, 0) is 64.0 Å². The molecule has 1 heterocycles. The summed E-state index contributed by atoms with van der Waals surface area (Å²) >= 11 is 0. The maximum atomic E-state index is 14.0. The number of hydrogen-bond donors (Lipinski definition) is 13. The number of allylic oxidation sites excluding steroid dienone is 1. The van der Waals surface area contributed by atoms with Crippen LogP contribution in [0.15, 0.2) is 70.6 Å². The maximum Gasteiger partial charge on any atom is 0.471 e. The molecule has 0 spiro atoms. The van der Waals surface area contributed by atoms with E-state index in [0.29, 0.717) is 11.6 Å². The number of nitrogens with two attached hydrogens (primary N) is 1. The smallest absolute Gasteiger partial charge is 0.471 e. The number of carbonyl (C=O) groups excluding carboxylic acids is 7. The minimum atomic E-state index is -5.30. The predicted octanol–water partition coefficient (Wildman–Crippen LogP) is -4.55. The van der Waals surface area contributed by atoms with Gasteiger partial charge in [0.15, 0.2) is 5.96 Å². The van der Waals surface area contributed by atoms with Crippen LogP contribution in [0.3, 0.4) is 0 Å². The van der Waals surface area contributed by atoms with Crippen LogP contribution in [0.25, 0.3) is 0 Å². The number of rotatable bonds is 26. The van der Waals surface area contributed by atoms with Gasteiger partial charge in [-0.05, 0) is 24.8 Å². The Kier molecular flexibility index (Phi) is 26.3. The number of carbonyl (C=O) groups is 12. The molecule has 29 nitrogen and oxygen atoms in total. The van der Waals surface area contributed by atoms with Crippen LogP contribution in [0.2, 0.25) is 0 Å². The molecule has 1 saturated heterocycles. The number of unbranched alkanes of at least 4 members (excludes halogenated alkanes) is 1. The second kappa shape index (κ2) is 31.6. The summed E-state index contributed by atoms with van der Waals surface area (Å²) in [5.41, 5.74) is 3.70. The molecule has 1 fully saturated rings. The van der Waals surface area contributed by atoms with Crippen LogP contribution < -0.4 is 43.0 Å². The van der Waals surface area contributed by atoms with E-state index in [9.17, 15) is 86.0 Å². The van der Waals surface area contributed by atoms with E-state index in [2.05, 4.69) is 31.6 Å². The maximum absolute atomic E-state index is 14.0. The van der Waals surface area contributed by atoms with Crippen molar-refractivity contribution in [3.63, 3.8) is 0 Å². The van der Waals surface area contributed by atoms with Crippen molar-refractivity contribution in [1.29, 1.82) is 0 Å². The van der Waals surface area contributed by atoms with Gasteiger partial charge in [0, 0.05) is 45.7 Å². The first-order valence-electron chi connectivity index (χ1n) is 22.1. The number of aliphatic imine (C=N–C) groups is 1. The van der Waals surface area contributed by atoms with Crippen molar-refractivity contribution in [3.05, 3.63) is 71.2 Å². The van der Waals surface area contributed by atoms with E-state index in [1.54, 1.807) is 30.3 Å². The Morgan fingerprint density at radius 2 is 1.23 bits per heavy atom. The van der Waals surface area contributed by atoms with Gasteiger partial charge in [-0.1, -0.05) is 42.5 Å². The molecule has 1 aliphatic heterocycles. The van der Waals surface area contributed by atoms with Gasteiger partial charge in [0.05, 0.1) is 45.3 Å². The van der Waals surface area contributed by atoms with Crippen LogP contribution in [0.5, 0.6) is 0 Å². The summed E-state index contributed by atoms with van der Waals surface area (Å²) in [6.45, 7) is -5.44. The van der Waals surface area contributed by atoms with Crippen LogP contribution in [0, 0.1) is 0 Å². The summed E-state index contributed by atoms with van der Waals surface area (Å²) in [6, 6.07) is 6.38. The Balaban J connectivity index is 2.42. The molecule has 1 aromatic carbocycles. The summed E-state index contributed by atoms with van der Waals surface area (Å²) in [5.74, 6) is -17.1. The van der Waals surface area contributed by atoms with Crippen molar-refractivity contribution >= 4 is 77.2 Å². The molecule has 1 atom stereocenters. The zero-order valence-corrected chi connectivity index (χ0v) is 39.6. The number of hydrogen-bond acceptors (Lipinski definition) is 16. The number of carboxylic acids is 5. The molecule has 14 N–H and O–H groups in total. The fourth-order valence-electron chi connectivity index (χ4n) is 6.32. The second-order valence-corrected chi connectivity index (χ2v) is 15.8. The lowest BCUT2D eigenvalue weighted by molar-refractivity contribution is -0.171. The normalized spacial score (nSPS) is 16.8. The molecule has 7 amide bonds. The van der Waals surface area contributed by atoms with Crippen LogP contribution in [-0.4, -0.2) is 208 Å². The second-order valence-electron chi connectivity index (χ2n) is 15.8. The number of halogens is 3. The van der Waals surface area contributed by atoms with Gasteiger partial charge in [-0.3, -0.25) is 77.7 Å². The van der Waals surface area contributed by atoms with E-state index in [-0.39, 0.29) is 58.4 Å². The van der Waals surface area contributed by atoms with E-state index in [1.807, 2.05) is 5.32 Å². The van der Waals surface area contributed by atoms with E-state index in [1.165, 1.54) is 10.2 Å². The highest BCUT2D eigenvalue weighted by molar-refractivity contribution is 6.07. The molecular weight excluding hydrogens is 1010 g/mol. The molecule has 1 aromatic rings. The Morgan fingerprint density at radius 1 is 0.693 bits per heavy atom. The minimum Gasteiger partial charge on any atom is -0.480 e. The molecule has 0 unspecified atom stereocenters. The zero-order valence-electron chi connectivity index (χ0n) is 39.6. The highest BCUT2D eigenvalue weighted by Crippen LogP contribution is 2.14. The lowest BCUT2D eigenvalue weighted by Crippen LogP contribution is -2.51. The van der Waals surface area contributed by atoms with Gasteiger partial charge < -0.3 is 63.2 Å². The topological polar surface area (TPSA) is 438 Å². The zero-order chi connectivity index (χ0) is 56.3. The van der Waals surface area contributed by atoms with Crippen molar-refractivity contribution in [2.75, 3.05) is 78.5 Å². The summed E-state index contributed by atoms with van der Waals surface area (Å²) in [5, 5.41) is 61.5. The van der Waals surface area contributed by atoms with Crippen LogP contribution >= 0.6 is 0 Å². The molecule has 410 valence electrons. The van der Waals surface area contributed by atoms with Gasteiger partial charge >= 0.3 is 41.9 Å². The van der Waals surface area contributed by atoms with Crippen LogP contribution in [0.1, 0.15) is 24.8 Å². The SMILES string of the molecule is NC(=NCC/C=C1\NC(=O)/C(=C\CCCNC(=O)CN(CCN(CCN(CC(=O)O)CC(=O)O)CC(=O)O)CC(=O)O)NC(=O)[C@@H](Cc2ccccc2)NC(=O)/C(=C\C(=O)O)NC(=O)CNC1=O)NC(=O)C(F)(F)F. The average Bonchev–Trinajstić information content (AvgIpc) is 3.30. The largest absolute Gasteiger partial charge is 0.480 e. The number of guanidine groups is 1. The number of aliphatic carboxylic acids is 5. The summed E-state index contributed by atoms with van der Waals surface area (Å²) < 4.78 is 38.0. The number of benzene rings is 1. The number of amides is 7. The van der Waals surface area contributed by atoms with E-state index in [4.69, 9.17) is 15.9 Å². The molecule has 1 aliphatic rings. The van der Waals surface area contributed by atoms with Crippen molar-refractivity contribution in [2.24, 2.45) is 10.7 Å². The highest BCUT2D eigenvalue weighted by Gasteiger charge is 2.39. The van der Waals surface area contributed by atoms with Gasteiger partial charge in [0.1, 0.15) is 23.1 Å². The van der Waals surface area contributed by atoms with Crippen LogP contribution in [0.4, 0.5) is 13.2 Å². The molecule has 75 heavy (non-hydrogen) atoms. The Morgan fingerprint density at radius 3 is 1.79 bits per heavy atom. The Bertz CT molecular complexity index is 2400. The van der Waals surface area contributed by atoms with Gasteiger partial charge in [0.2, 0.25) is 17.7 Å². The van der Waals surface area contributed by atoms with E-state index < -0.39 is 152 Å². The first-order chi connectivity index (χ1) is 35.2.